The molecule has 0 radical (unpaired) electrons. The van der Waals surface area contributed by atoms with Crippen molar-refractivity contribution in [1.82, 2.24) is 4.90 Å². The zero-order chi connectivity index (χ0) is 15.9. The third kappa shape index (κ3) is 5.54. The molecule has 1 aromatic rings. The molecule has 1 fully saturated rings. The van der Waals surface area contributed by atoms with E-state index in [0.29, 0.717) is 11.9 Å². The van der Waals surface area contributed by atoms with Gasteiger partial charge in [0.25, 0.3) is 0 Å². The van der Waals surface area contributed by atoms with Crippen LogP contribution in [0.3, 0.4) is 0 Å². The Morgan fingerprint density at radius 2 is 2.27 bits per heavy atom. The maximum atomic E-state index is 12.4. The van der Waals surface area contributed by atoms with Crippen molar-refractivity contribution >= 4 is 23.5 Å². The molecule has 1 aromatic carbocycles. The number of anilines is 1. The van der Waals surface area contributed by atoms with Crippen LogP contribution in [-0.2, 0) is 11.3 Å². The van der Waals surface area contributed by atoms with E-state index in [1.165, 1.54) is 0 Å². The number of rotatable bonds is 4. The number of amides is 2. The normalized spacial score (nSPS) is 19.1. The zero-order valence-electron chi connectivity index (χ0n) is 13.7. The van der Waals surface area contributed by atoms with Gasteiger partial charge in [-0.1, -0.05) is 19.1 Å². The molecule has 1 aliphatic heterocycles. The molecule has 1 aliphatic rings. The van der Waals surface area contributed by atoms with E-state index in [1.54, 1.807) is 0 Å². The maximum absolute atomic E-state index is 12.4. The Labute approximate surface area is 137 Å². The standard InChI is InChI=1S/C17H26N2O2S/c1-13(2)21-12-15-5-4-6-16(11-15)18-17(20)19-8-7-14(3)22-10-9-19/h4-6,11,13-14H,7-10,12H2,1-3H3,(H,18,20)/t14-/m1/s1. The number of benzene rings is 1. The average molecular weight is 322 g/mol. The molecule has 1 heterocycles. The average Bonchev–Trinajstić information content (AvgIpc) is 2.70. The molecular weight excluding hydrogens is 296 g/mol. The van der Waals surface area contributed by atoms with E-state index >= 15 is 0 Å². The second kappa shape index (κ2) is 8.44. The molecule has 122 valence electrons. The maximum Gasteiger partial charge on any atom is 0.321 e. The van der Waals surface area contributed by atoms with Crippen molar-refractivity contribution in [3.63, 3.8) is 0 Å². The molecule has 4 nitrogen and oxygen atoms in total. The van der Waals surface area contributed by atoms with Gasteiger partial charge < -0.3 is 15.0 Å². The zero-order valence-corrected chi connectivity index (χ0v) is 14.5. The first kappa shape index (κ1) is 17.2. The van der Waals surface area contributed by atoms with E-state index in [-0.39, 0.29) is 12.1 Å². The van der Waals surface area contributed by atoms with E-state index in [0.717, 1.165) is 36.5 Å². The Balaban J connectivity index is 1.91. The van der Waals surface area contributed by atoms with Crippen LogP contribution in [0.5, 0.6) is 0 Å². The smallest absolute Gasteiger partial charge is 0.321 e. The number of carbonyl (C=O) groups is 1. The van der Waals surface area contributed by atoms with Crippen molar-refractivity contribution in [2.75, 3.05) is 24.2 Å². The Bertz CT molecular complexity index is 493. The molecule has 22 heavy (non-hydrogen) atoms. The van der Waals surface area contributed by atoms with Gasteiger partial charge in [0.15, 0.2) is 0 Å². The summed E-state index contributed by atoms with van der Waals surface area (Å²) in [5, 5.41) is 3.64. The lowest BCUT2D eigenvalue weighted by atomic mass is 10.2. The summed E-state index contributed by atoms with van der Waals surface area (Å²) in [7, 11) is 0. The summed E-state index contributed by atoms with van der Waals surface area (Å²) in [5.41, 5.74) is 1.91. The fourth-order valence-electron chi connectivity index (χ4n) is 2.30. The summed E-state index contributed by atoms with van der Waals surface area (Å²) < 4.78 is 5.61. The molecule has 0 saturated carbocycles. The predicted molar refractivity (Wildman–Crippen MR) is 93.5 cm³/mol. The van der Waals surface area contributed by atoms with Gasteiger partial charge in [0.2, 0.25) is 0 Å². The highest BCUT2D eigenvalue weighted by atomic mass is 32.2. The Morgan fingerprint density at radius 3 is 3.05 bits per heavy atom. The molecule has 0 unspecified atom stereocenters. The van der Waals surface area contributed by atoms with Gasteiger partial charge in [0.05, 0.1) is 12.7 Å². The first-order valence-electron chi connectivity index (χ1n) is 7.92. The summed E-state index contributed by atoms with van der Waals surface area (Å²) in [5.74, 6) is 1.01. The first-order chi connectivity index (χ1) is 10.5. The largest absolute Gasteiger partial charge is 0.374 e. The van der Waals surface area contributed by atoms with E-state index in [1.807, 2.05) is 54.8 Å². The molecule has 5 heteroatoms. The molecule has 0 aromatic heterocycles. The highest BCUT2D eigenvalue weighted by Gasteiger charge is 2.18. The third-order valence-corrected chi connectivity index (χ3v) is 4.84. The van der Waals surface area contributed by atoms with E-state index in [4.69, 9.17) is 4.74 Å². The topological polar surface area (TPSA) is 41.6 Å². The quantitative estimate of drug-likeness (QED) is 0.912. The van der Waals surface area contributed by atoms with Gasteiger partial charge in [-0.3, -0.25) is 0 Å². The van der Waals surface area contributed by atoms with E-state index in [9.17, 15) is 4.79 Å². The number of nitrogens with zero attached hydrogens (tertiary/aromatic N) is 1. The fraction of sp³-hybridized carbons (Fsp3) is 0.588. The highest BCUT2D eigenvalue weighted by Crippen LogP contribution is 2.19. The summed E-state index contributed by atoms with van der Waals surface area (Å²) in [6.45, 7) is 8.48. The summed E-state index contributed by atoms with van der Waals surface area (Å²) >= 11 is 1.94. The first-order valence-corrected chi connectivity index (χ1v) is 8.97. The van der Waals surface area contributed by atoms with Gasteiger partial charge >= 0.3 is 6.03 Å². The minimum absolute atomic E-state index is 0.00312. The van der Waals surface area contributed by atoms with Crippen molar-refractivity contribution in [2.24, 2.45) is 0 Å². The van der Waals surface area contributed by atoms with Crippen LogP contribution in [0.4, 0.5) is 10.5 Å². The lowest BCUT2D eigenvalue weighted by Gasteiger charge is -2.21. The molecule has 1 atom stereocenters. The molecule has 0 spiro atoms. The minimum Gasteiger partial charge on any atom is -0.374 e. The Hall–Kier alpha value is -1.20. The molecule has 0 aliphatic carbocycles. The van der Waals surface area contributed by atoms with Crippen LogP contribution in [0.25, 0.3) is 0 Å². The molecule has 0 bridgehead atoms. The highest BCUT2D eigenvalue weighted by molar-refractivity contribution is 7.99. The van der Waals surface area contributed by atoms with Crippen molar-refractivity contribution in [3.8, 4) is 0 Å². The lowest BCUT2D eigenvalue weighted by Crippen LogP contribution is -2.36. The van der Waals surface area contributed by atoms with Crippen LogP contribution in [0, 0.1) is 0 Å². The van der Waals surface area contributed by atoms with Crippen molar-refractivity contribution < 1.29 is 9.53 Å². The predicted octanol–water partition coefficient (Wildman–Crippen LogP) is 3.97. The number of thioether (sulfide) groups is 1. The van der Waals surface area contributed by atoms with Crippen LogP contribution < -0.4 is 5.32 Å². The van der Waals surface area contributed by atoms with Crippen LogP contribution in [0.15, 0.2) is 24.3 Å². The summed E-state index contributed by atoms with van der Waals surface area (Å²) in [6, 6.07) is 7.87. The SMILES string of the molecule is CC(C)OCc1cccc(NC(=O)N2CCS[C@H](C)CC2)c1. The van der Waals surface area contributed by atoms with Gasteiger partial charge in [0.1, 0.15) is 0 Å². The third-order valence-electron chi connectivity index (χ3n) is 3.62. The van der Waals surface area contributed by atoms with Gasteiger partial charge in [0, 0.05) is 29.8 Å². The molecule has 2 amide bonds. The van der Waals surface area contributed by atoms with Gasteiger partial charge in [-0.05, 0) is 38.0 Å². The number of carbonyl (C=O) groups excluding carboxylic acids is 1. The summed E-state index contributed by atoms with van der Waals surface area (Å²) in [4.78, 5) is 14.3. The molecule has 1 N–H and O–H groups in total. The number of hydrogen-bond acceptors (Lipinski definition) is 3. The van der Waals surface area contributed by atoms with Crippen molar-refractivity contribution in [2.45, 2.75) is 45.2 Å². The fourth-order valence-corrected chi connectivity index (χ4v) is 3.30. The molecule has 2 rings (SSSR count). The second-order valence-corrected chi connectivity index (χ2v) is 7.49. The van der Waals surface area contributed by atoms with E-state index in [2.05, 4.69) is 12.2 Å². The van der Waals surface area contributed by atoms with Gasteiger partial charge in [-0.25, -0.2) is 4.79 Å². The number of ether oxygens (including phenoxy) is 1. The summed E-state index contributed by atoms with van der Waals surface area (Å²) in [6.07, 6.45) is 1.26. The van der Waals surface area contributed by atoms with Crippen LogP contribution in [0.2, 0.25) is 0 Å². The molecule has 1 saturated heterocycles. The van der Waals surface area contributed by atoms with Crippen molar-refractivity contribution in [3.05, 3.63) is 29.8 Å². The van der Waals surface area contributed by atoms with Crippen LogP contribution in [-0.4, -0.2) is 41.1 Å². The van der Waals surface area contributed by atoms with Crippen LogP contribution >= 0.6 is 11.8 Å². The number of urea groups is 1. The number of nitrogens with one attached hydrogen (secondary N) is 1. The van der Waals surface area contributed by atoms with Crippen molar-refractivity contribution in [1.29, 1.82) is 0 Å². The Morgan fingerprint density at radius 1 is 1.45 bits per heavy atom. The van der Waals surface area contributed by atoms with Gasteiger partial charge in [-0.2, -0.15) is 11.8 Å². The lowest BCUT2D eigenvalue weighted by molar-refractivity contribution is 0.0657. The Kier molecular flexibility index (Phi) is 6.58. The monoisotopic (exact) mass is 322 g/mol. The molecular formula is C17H26N2O2S. The minimum atomic E-state index is -0.00312. The number of hydrogen-bond donors (Lipinski definition) is 1. The van der Waals surface area contributed by atoms with Crippen LogP contribution in [0.1, 0.15) is 32.8 Å². The van der Waals surface area contributed by atoms with E-state index < -0.39 is 0 Å². The van der Waals surface area contributed by atoms with Gasteiger partial charge in [-0.15, -0.1) is 0 Å². The second-order valence-electron chi connectivity index (χ2n) is 5.95.